The Kier molecular flexibility index (Phi) is 6.76. The third-order valence-corrected chi connectivity index (χ3v) is 2.95. The average Bonchev–Trinajstić information content (AvgIpc) is 2.32. The van der Waals surface area contributed by atoms with Gasteiger partial charge in [0.15, 0.2) is 0 Å². The highest BCUT2D eigenvalue weighted by molar-refractivity contribution is 5.32. The fourth-order valence-electron chi connectivity index (χ4n) is 2.06. The molecule has 0 aliphatic heterocycles. The van der Waals surface area contributed by atoms with Crippen molar-refractivity contribution in [3.8, 4) is 5.75 Å². The number of benzene rings is 1. The fraction of sp³-hybridized carbons (Fsp3) is 0.600. The van der Waals surface area contributed by atoms with Crippen molar-refractivity contribution in [1.29, 1.82) is 0 Å². The maximum absolute atomic E-state index is 8.89. The van der Waals surface area contributed by atoms with Gasteiger partial charge < -0.3 is 14.7 Å². The molecule has 0 radical (unpaired) electrons. The number of ether oxygens (including phenoxy) is 1. The van der Waals surface area contributed by atoms with Crippen LogP contribution in [0.25, 0.3) is 0 Å². The third kappa shape index (κ3) is 5.52. The Balaban J connectivity index is 2.28. The molecule has 0 bridgehead atoms. The topological polar surface area (TPSA) is 32.7 Å². The number of rotatable bonds is 8. The van der Waals surface area contributed by atoms with Crippen LogP contribution < -0.4 is 4.74 Å². The second-order valence-corrected chi connectivity index (χ2v) is 4.68. The van der Waals surface area contributed by atoms with E-state index >= 15 is 0 Å². The average molecular weight is 251 g/mol. The Morgan fingerprint density at radius 3 is 2.33 bits per heavy atom. The lowest BCUT2D eigenvalue weighted by Crippen LogP contribution is -2.28. The molecule has 0 spiro atoms. The van der Waals surface area contributed by atoms with Crippen LogP contribution in [-0.2, 0) is 0 Å². The quantitative estimate of drug-likeness (QED) is 0.720. The van der Waals surface area contributed by atoms with E-state index in [2.05, 4.69) is 43.9 Å². The summed E-state index contributed by atoms with van der Waals surface area (Å²) < 4.78 is 5.75. The van der Waals surface area contributed by atoms with Crippen molar-refractivity contribution in [2.45, 2.75) is 27.2 Å². The molecule has 102 valence electrons. The molecule has 0 fully saturated rings. The number of likely N-dealkylation sites (N-methyl/N-ethyl adjacent to an activating group) is 1. The maximum Gasteiger partial charge on any atom is 0.119 e. The second kappa shape index (κ2) is 8.11. The molecule has 1 rings (SSSR count). The summed E-state index contributed by atoms with van der Waals surface area (Å²) in [5.74, 6) is 0.956. The number of hydrogen-bond donors (Lipinski definition) is 1. The van der Waals surface area contributed by atoms with Gasteiger partial charge in [-0.3, -0.25) is 0 Å². The van der Waals surface area contributed by atoms with Gasteiger partial charge in [0.2, 0.25) is 0 Å². The molecule has 3 heteroatoms. The van der Waals surface area contributed by atoms with Crippen molar-refractivity contribution in [1.82, 2.24) is 4.90 Å². The Bertz CT molecular complexity index is 332. The van der Waals surface area contributed by atoms with Crippen LogP contribution in [0, 0.1) is 13.8 Å². The van der Waals surface area contributed by atoms with E-state index in [1.54, 1.807) is 0 Å². The molecule has 0 heterocycles. The predicted molar refractivity (Wildman–Crippen MR) is 75.2 cm³/mol. The van der Waals surface area contributed by atoms with Crippen LogP contribution in [0.15, 0.2) is 18.2 Å². The van der Waals surface area contributed by atoms with Gasteiger partial charge in [-0.05, 0) is 50.1 Å². The summed E-state index contributed by atoms with van der Waals surface area (Å²) in [5.41, 5.74) is 2.47. The molecule has 1 aromatic rings. The summed E-state index contributed by atoms with van der Waals surface area (Å²) >= 11 is 0. The normalized spacial score (nSPS) is 10.9. The van der Waals surface area contributed by atoms with Gasteiger partial charge in [0.05, 0.1) is 13.2 Å². The standard InChI is InChI=1S/C15H25NO2/c1-4-16(7-8-17)6-5-9-18-15-11-13(2)10-14(3)12-15/h10-12,17H,4-9H2,1-3H3. The van der Waals surface area contributed by atoms with E-state index < -0.39 is 0 Å². The molecule has 1 aromatic carbocycles. The van der Waals surface area contributed by atoms with Crippen LogP contribution in [0.4, 0.5) is 0 Å². The Morgan fingerprint density at radius 1 is 1.11 bits per heavy atom. The highest BCUT2D eigenvalue weighted by Gasteiger charge is 2.01. The zero-order valence-corrected chi connectivity index (χ0v) is 11.8. The van der Waals surface area contributed by atoms with Gasteiger partial charge in [0.25, 0.3) is 0 Å². The molecule has 0 aromatic heterocycles. The van der Waals surface area contributed by atoms with Crippen molar-refractivity contribution >= 4 is 0 Å². The summed E-state index contributed by atoms with van der Waals surface area (Å²) in [6.07, 6.45) is 0.987. The van der Waals surface area contributed by atoms with E-state index in [1.807, 2.05) is 0 Å². The van der Waals surface area contributed by atoms with Gasteiger partial charge in [-0.15, -0.1) is 0 Å². The molecule has 0 saturated heterocycles. The zero-order chi connectivity index (χ0) is 13.4. The van der Waals surface area contributed by atoms with Crippen LogP contribution >= 0.6 is 0 Å². The largest absolute Gasteiger partial charge is 0.494 e. The van der Waals surface area contributed by atoms with E-state index in [4.69, 9.17) is 9.84 Å². The molecule has 0 saturated carbocycles. The summed E-state index contributed by atoms with van der Waals surface area (Å²) in [6, 6.07) is 6.28. The number of aliphatic hydroxyl groups is 1. The summed E-state index contributed by atoms with van der Waals surface area (Å²) in [7, 11) is 0. The number of aryl methyl sites for hydroxylation is 2. The Labute approximate surface area is 110 Å². The van der Waals surface area contributed by atoms with Gasteiger partial charge in [0, 0.05) is 13.1 Å². The van der Waals surface area contributed by atoms with Crippen molar-refractivity contribution in [2.75, 3.05) is 32.8 Å². The predicted octanol–water partition coefficient (Wildman–Crippen LogP) is 2.39. The van der Waals surface area contributed by atoms with Gasteiger partial charge in [-0.25, -0.2) is 0 Å². The first-order valence-corrected chi connectivity index (χ1v) is 6.70. The number of aliphatic hydroxyl groups excluding tert-OH is 1. The number of nitrogens with zero attached hydrogens (tertiary/aromatic N) is 1. The molecule has 0 aliphatic carbocycles. The number of hydrogen-bond acceptors (Lipinski definition) is 3. The van der Waals surface area contributed by atoms with E-state index in [-0.39, 0.29) is 6.61 Å². The van der Waals surface area contributed by atoms with Gasteiger partial charge in [-0.1, -0.05) is 13.0 Å². The van der Waals surface area contributed by atoms with E-state index in [0.29, 0.717) is 0 Å². The van der Waals surface area contributed by atoms with Crippen molar-refractivity contribution < 1.29 is 9.84 Å². The summed E-state index contributed by atoms with van der Waals surface area (Å²) in [4.78, 5) is 2.23. The monoisotopic (exact) mass is 251 g/mol. The van der Waals surface area contributed by atoms with E-state index in [9.17, 15) is 0 Å². The molecule has 3 nitrogen and oxygen atoms in total. The van der Waals surface area contributed by atoms with Gasteiger partial charge in [0.1, 0.15) is 5.75 Å². The van der Waals surface area contributed by atoms with Crippen molar-refractivity contribution in [3.63, 3.8) is 0 Å². The molecular weight excluding hydrogens is 226 g/mol. The highest BCUT2D eigenvalue weighted by atomic mass is 16.5. The summed E-state index contributed by atoms with van der Waals surface area (Å²) in [6.45, 7) is 9.93. The summed E-state index contributed by atoms with van der Waals surface area (Å²) in [5, 5.41) is 8.89. The lowest BCUT2D eigenvalue weighted by molar-refractivity contribution is 0.189. The van der Waals surface area contributed by atoms with Gasteiger partial charge >= 0.3 is 0 Å². The smallest absolute Gasteiger partial charge is 0.119 e. The maximum atomic E-state index is 8.89. The van der Waals surface area contributed by atoms with Crippen LogP contribution in [0.5, 0.6) is 5.75 Å². The van der Waals surface area contributed by atoms with Crippen LogP contribution in [0.2, 0.25) is 0 Å². The van der Waals surface area contributed by atoms with Crippen LogP contribution in [0.3, 0.4) is 0 Å². The molecular formula is C15H25NO2. The van der Waals surface area contributed by atoms with Gasteiger partial charge in [-0.2, -0.15) is 0 Å². The van der Waals surface area contributed by atoms with Crippen molar-refractivity contribution in [2.24, 2.45) is 0 Å². The molecule has 0 aliphatic rings. The SMILES string of the molecule is CCN(CCO)CCCOc1cc(C)cc(C)c1. The zero-order valence-electron chi connectivity index (χ0n) is 11.8. The van der Waals surface area contributed by atoms with Crippen LogP contribution in [0.1, 0.15) is 24.5 Å². The van der Waals surface area contributed by atoms with E-state index in [0.717, 1.165) is 38.4 Å². The first-order valence-electron chi connectivity index (χ1n) is 6.70. The first-order chi connectivity index (χ1) is 8.65. The minimum atomic E-state index is 0.228. The van der Waals surface area contributed by atoms with E-state index in [1.165, 1.54) is 11.1 Å². The van der Waals surface area contributed by atoms with Crippen LogP contribution in [-0.4, -0.2) is 42.9 Å². The molecule has 0 amide bonds. The second-order valence-electron chi connectivity index (χ2n) is 4.68. The fourth-order valence-corrected chi connectivity index (χ4v) is 2.06. The minimum absolute atomic E-state index is 0.228. The molecule has 0 unspecified atom stereocenters. The third-order valence-electron chi connectivity index (χ3n) is 2.95. The molecule has 1 N–H and O–H groups in total. The minimum Gasteiger partial charge on any atom is -0.494 e. The molecule has 0 atom stereocenters. The molecule has 18 heavy (non-hydrogen) atoms. The highest BCUT2D eigenvalue weighted by Crippen LogP contribution is 2.16. The lowest BCUT2D eigenvalue weighted by atomic mass is 10.1. The van der Waals surface area contributed by atoms with Crippen molar-refractivity contribution in [3.05, 3.63) is 29.3 Å². The first kappa shape index (κ1) is 15.0. The Morgan fingerprint density at radius 2 is 1.78 bits per heavy atom. The lowest BCUT2D eigenvalue weighted by Gasteiger charge is -2.18. The Hall–Kier alpha value is -1.06.